The number of para-hydroxylation sites is 1. The second-order valence-electron chi connectivity index (χ2n) is 4.97. The van der Waals surface area contributed by atoms with E-state index >= 15 is 0 Å². The van der Waals surface area contributed by atoms with Crippen LogP contribution in [0.25, 0.3) is 0 Å². The minimum Gasteiger partial charge on any atom is -0.389 e. The monoisotopic (exact) mass is 221 g/mol. The van der Waals surface area contributed by atoms with Crippen LogP contribution in [0.5, 0.6) is 0 Å². The van der Waals surface area contributed by atoms with Crippen molar-refractivity contribution in [1.82, 2.24) is 0 Å². The van der Waals surface area contributed by atoms with E-state index in [1.165, 1.54) is 0 Å². The van der Waals surface area contributed by atoms with Gasteiger partial charge in [-0.3, -0.25) is 4.79 Å². The molecule has 16 heavy (non-hydrogen) atoms. The van der Waals surface area contributed by atoms with Gasteiger partial charge in [-0.05, 0) is 13.0 Å². The number of aliphatic hydroxyl groups excluding tert-OH is 1. The molecular weight excluding hydrogens is 202 g/mol. The van der Waals surface area contributed by atoms with Crippen molar-refractivity contribution < 1.29 is 9.90 Å². The van der Waals surface area contributed by atoms with Crippen LogP contribution in [0.3, 0.4) is 0 Å². The van der Waals surface area contributed by atoms with E-state index in [1.54, 1.807) is 13.0 Å². The summed E-state index contributed by atoms with van der Waals surface area (Å²) < 4.78 is 0. The van der Waals surface area contributed by atoms with Crippen molar-refractivity contribution in [1.29, 1.82) is 0 Å². The number of benzene rings is 1. The topological polar surface area (TPSA) is 49.3 Å². The number of anilines is 1. The maximum absolute atomic E-state index is 11.8. The van der Waals surface area contributed by atoms with Crippen LogP contribution in [0, 0.1) is 5.41 Å². The molecule has 1 atom stereocenters. The van der Waals surface area contributed by atoms with Gasteiger partial charge in [-0.2, -0.15) is 0 Å². The van der Waals surface area contributed by atoms with Gasteiger partial charge in [-0.15, -0.1) is 0 Å². The Balaban J connectivity index is 2.94. The summed E-state index contributed by atoms with van der Waals surface area (Å²) in [6.45, 7) is 7.25. The summed E-state index contributed by atoms with van der Waals surface area (Å²) >= 11 is 0. The molecule has 3 nitrogen and oxygen atoms in total. The first kappa shape index (κ1) is 12.7. The van der Waals surface area contributed by atoms with Crippen LogP contribution >= 0.6 is 0 Å². The third kappa shape index (κ3) is 3.07. The van der Waals surface area contributed by atoms with Gasteiger partial charge in [0, 0.05) is 16.7 Å². The average Bonchev–Trinajstić information content (AvgIpc) is 2.16. The molecule has 1 aromatic rings. The highest BCUT2D eigenvalue weighted by molar-refractivity contribution is 5.95. The molecule has 0 heterocycles. The van der Waals surface area contributed by atoms with E-state index in [0.29, 0.717) is 5.69 Å². The van der Waals surface area contributed by atoms with E-state index in [9.17, 15) is 9.90 Å². The maximum atomic E-state index is 11.8. The fourth-order valence-electron chi connectivity index (χ4n) is 1.28. The predicted molar refractivity (Wildman–Crippen MR) is 65.2 cm³/mol. The van der Waals surface area contributed by atoms with Crippen LogP contribution in [-0.2, 0) is 4.79 Å². The molecule has 0 aliphatic rings. The molecular formula is C13H19NO2. The highest BCUT2D eigenvalue weighted by atomic mass is 16.3. The Labute approximate surface area is 96.5 Å². The number of hydrogen-bond acceptors (Lipinski definition) is 2. The SMILES string of the molecule is CC(O)c1ccccc1NC(=O)C(C)(C)C. The molecule has 0 aliphatic heterocycles. The Bertz CT molecular complexity index is 378. The third-order valence-electron chi connectivity index (χ3n) is 2.34. The summed E-state index contributed by atoms with van der Waals surface area (Å²) in [4.78, 5) is 11.8. The Morgan fingerprint density at radius 2 is 1.88 bits per heavy atom. The van der Waals surface area contributed by atoms with Crippen molar-refractivity contribution >= 4 is 11.6 Å². The molecule has 1 amide bonds. The number of carbonyl (C=O) groups is 1. The van der Waals surface area contributed by atoms with E-state index in [4.69, 9.17) is 0 Å². The standard InChI is InChI=1S/C13H19NO2/c1-9(15)10-7-5-6-8-11(10)14-12(16)13(2,3)4/h5-9,15H,1-4H3,(H,14,16). The normalized spacial score (nSPS) is 13.3. The molecule has 0 radical (unpaired) electrons. The lowest BCUT2D eigenvalue weighted by Crippen LogP contribution is -2.28. The largest absolute Gasteiger partial charge is 0.389 e. The molecule has 0 fully saturated rings. The molecule has 0 spiro atoms. The van der Waals surface area contributed by atoms with Gasteiger partial charge in [0.05, 0.1) is 6.10 Å². The molecule has 0 bridgehead atoms. The van der Waals surface area contributed by atoms with E-state index in [0.717, 1.165) is 5.56 Å². The number of hydrogen-bond donors (Lipinski definition) is 2. The lowest BCUT2D eigenvalue weighted by atomic mass is 9.95. The molecule has 3 heteroatoms. The van der Waals surface area contributed by atoms with Gasteiger partial charge in [0.1, 0.15) is 0 Å². The van der Waals surface area contributed by atoms with Crippen LogP contribution in [0.15, 0.2) is 24.3 Å². The summed E-state index contributed by atoms with van der Waals surface area (Å²) in [6.07, 6.45) is -0.587. The van der Waals surface area contributed by atoms with Crippen LogP contribution in [-0.4, -0.2) is 11.0 Å². The number of amides is 1. The Morgan fingerprint density at radius 1 is 1.31 bits per heavy atom. The fourth-order valence-corrected chi connectivity index (χ4v) is 1.28. The van der Waals surface area contributed by atoms with Gasteiger partial charge in [0.2, 0.25) is 5.91 Å². The number of carbonyl (C=O) groups excluding carboxylic acids is 1. The van der Waals surface area contributed by atoms with Crippen molar-refractivity contribution in [3.63, 3.8) is 0 Å². The zero-order valence-corrected chi connectivity index (χ0v) is 10.2. The molecule has 88 valence electrons. The van der Waals surface area contributed by atoms with Crippen molar-refractivity contribution in [2.75, 3.05) is 5.32 Å². The molecule has 2 N–H and O–H groups in total. The first-order valence-electron chi connectivity index (χ1n) is 5.41. The van der Waals surface area contributed by atoms with Gasteiger partial charge >= 0.3 is 0 Å². The summed E-state index contributed by atoms with van der Waals surface area (Å²) in [5, 5.41) is 12.4. The minimum absolute atomic E-state index is 0.0550. The van der Waals surface area contributed by atoms with E-state index in [2.05, 4.69) is 5.32 Å². The van der Waals surface area contributed by atoms with Crippen LogP contribution < -0.4 is 5.32 Å². The first-order chi connectivity index (χ1) is 7.32. The number of rotatable bonds is 2. The van der Waals surface area contributed by atoms with Gasteiger partial charge in [0.15, 0.2) is 0 Å². The van der Waals surface area contributed by atoms with Gasteiger partial charge in [-0.25, -0.2) is 0 Å². The summed E-state index contributed by atoms with van der Waals surface area (Å²) in [7, 11) is 0. The lowest BCUT2D eigenvalue weighted by molar-refractivity contribution is -0.123. The number of aliphatic hydroxyl groups is 1. The minimum atomic E-state index is -0.587. The van der Waals surface area contributed by atoms with Crippen molar-refractivity contribution in [3.05, 3.63) is 29.8 Å². The van der Waals surface area contributed by atoms with Gasteiger partial charge < -0.3 is 10.4 Å². The van der Waals surface area contributed by atoms with Crippen LogP contribution in [0.1, 0.15) is 39.4 Å². The second-order valence-corrected chi connectivity index (χ2v) is 4.97. The van der Waals surface area contributed by atoms with E-state index in [-0.39, 0.29) is 5.91 Å². The van der Waals surface area contributed by atoms with Crippen molar-refractivity contribution in [3.8, 4) is 0 Å². The molecule has 1 unspecified atom stereocenters. The van der Waals surface area contributed by atoms with E-state index in [1.807, 2.05) is 39.0 Å². The maximum Gasteiger partial charge on any atom is 0.229 e. The predicted octanol–water partition coefficient (Wildman–Crippen LogP) is 2.72. The molecule has 0 aliphatic carbocycles. The molecule has 1 rings (SSSR count). The average molecular weight is 221 g/mol. The van der Waals surface area contributed by atoms with Crippen LogP contribution in [0.2, 0.25) is 0 Å². The lowest BCUT2D eigenvalue weighted by Gasteiger charge is -2.20. The molecule has 0 saturated heterocycles. The first-order valence-corrected chi connectivity index (χ1v) is 5.41. The quantitative estimate of drug-likeness (QED) is 0.806. The number of nitrogens with one attached hydrogen (secondary N) is 1. The Hall–Kier alpha value is -1.35. The van der Waals surface area contributed by atoms with Crippen LogP contribution in [0.4, 0.5) is 5.69 Å². The zero-order chi connectivity index (χ0) is 12.3. The van der Waals surface area contributed by atoms with Crippen molar-refractivity contribution in [2.24, 2.45) is 5.41 Å². The zero-order valence-electron chi connectivity index (χ0n) is 10.2. The fraction of sp³-hybridized carbons (Fsp3) is 0.462. The molecule has 1 aromatic carbocycles. The summed E-state index contributed by atoms with van der Waals surface area (Å²) in [6, 6.07) is 7.29. The van der Waals surface area contributed by atoms with Gasteiger partial charge in [0.25, 0.3) is 0 Å². The summed E-state index contributed by atoms with van der Waals surface area (Å²) in [5.74, 6) is -0.0550. The molecule has 0 saturated carbocycles. The smallest absolute Gasteiger partial charge is 0.229 e. The highest BCUT2D eigenvalue weighted by Gasteiger charge is 2.22. The van der Waals surface area contributed by atoms with Crippen molar-refractivity contribution in [2.45, 2.75) is 33.8 Å². The Morgan fingerprint density at radius 3 is 2.38 bits per heavy atom. The third-order valence-corrected chi connectivity index (χ3v) is 2.34. The molecule has 0 aromatic heterocycles. The second kappa shape index (κ2) is 4.66. The highest BCUT2D eigenvalue weighted by Crippen LogP contribution is 2.24. The van der Waals surface area contributed by atoms with Gasteiger partial charge in [-0.1, -0.05) is 39.0 Å². The Kier molecular flexibility index (Phi) is 3.70. The van der Waals surface area contributed by atoms with E-state index < -0.39 is 11.5 Å². The summed E-state index contributed by atoms with van der Waals surface area (Å²) in [5.41, 5.74) is 0.976.